The number of rotatable bonds is 4. The van der Waals surface area contributed by atoms with Gasteiger partial charge in [0.15, 0.2) is 5.17 Å². The van der Waals surface area contributed by atoms with Gasteiger partial charge in [0, 0.05) is 12.1 Å². The number of hydrogen-bond acceptors (Lipinski definition) is 6. The normalized spacial score (nSPS) is 16.3. The molecule has 1 saturated heterocycles. The highest BCUT2D eigenvalue weighted by molar-refractivity contribution is 8.18. The number of furan rings is 1. The summed E-state index contributed by atoms with van der Waals surface area (Å²) in [6.45, 7) is 4.04. The predicted octanol–water partition coefficient (Wildman–Crippen LogP) is 5.36. The Hall–Kier alpha value is -3.65. The number of amidine groups is 1. The highest BCUT2D eigenvalue weighted by Gasteiger charge is 2.25. The molecule has 4 rings (SSSR count). The summed E-state index contributed by atoms with van der Waals surface area (Å²) in [6.07, 6.45) is 1.60. The first-order valence-corrected chi connectivity index (χ1v) is 9.93. The molecule has 150 valence electrons. The van der Waals surface area contributed by atoms with Crippen molar-refractivity contribution in [3.8, 4) is 11.3 Å². The van der Waals surface area contributed by atoms with Gasteiger partial charge in [0.25, 0.3) is 11.6 Å². The van der Waals surface area contributed by atoms with E-state index in [2.05, 4.69) is 10.3 Å². The molecule has 0 saturated carbocycles. The van der Waals surface area contributed by atoms with Crippen molar-refractivity contribution in [2.24, 2.45) is 4.99 Å². The zero-order chi connectivity index (χ0) is 21.3. The Morgan fingerprint density at radius 3 is 2.67 bits per heavy atom. The summed E-state index contributed by atoms with van der Waals surface area (Å²) in [5.74, 6) is 0.515. The molecular formula is C22H17N3O4S. The van der Waals surface area contributed by atoms with Crippen LogP contribution in [0.25, 0.3) is 17.4 Å². The molecule has 1 aliphatic rings. The van der Waals surface area contributed by atoms with E-state index in [1.807, 2.05) is 32.0 Å². The summed E-state index contributed by atoms with van der Waals surface area (Å²) in [5.41, 5.74) is 3.41. The van der Waals surface area contributed by atoms with E-state index in [0.717, 1.165) is 11.3 Å². The first kappa shape index (κ1) is 19.7. The number of nitrogens with one attached hydrogen (secondary N) is 1. The van der Waals surface area contributed by atoms with Crippen LogP contribution in [-0.4, -0.2) is 16.0 Å². The van der Waals surface area contributed by atoms with E-state index < -0.39 is 4.92 Å². The van der Waals surface area contributed by atoms with Gasteiger partial charge in [0.05, 0.1) is 21.1 Å². The van der Waals surface area contributed by atoms with Crippen molar-refractivity contribution in [2.75, 3.05) is 0 Å². The smallest absolute Gasteiger partial charge is 0.280 e. The Morgan fingerprint density at radius 2 is 1.90 bits per heavy atom. The Balaban J connectivity index is 1.58. The molecule has 2 heterocycles. The number of carbonyl (C=O) groups is 1. The average molecular weight is 419 g/mol. The van der Waals surface area contributed by atoms with Crippen LogP contribution in [0.15, 0.2) is 68.9 Å². The summed E-state index contributed by atoms with van der Waals surface area (Å²) in [7, 11) is 0. The van der Waals surface area contributed by atoms with E-state index >= 15 is 0 Å². The van der Waals surface area contributed by atoms with Gasteiger partial charge in [-0.1, -0.05) is 18.2 Å². The van der Waals surface area contributed by atoms with Crippen molar-refractivity contribution in [1.29, 1.82) is 0 Å². The number of aliphatic imine (C=N–C) groups is 1. The molecule has 1 aliphatic heterocycles. The Kier molecular flexibility index (Phi) is 5.24. The molecule has 0 spiro atoms. The fourth-order valence-electron chi connectivity index (χ4n) is 2.94. The summed E-state index contributed by atoms with van der Waals surface area (Å²) in [5, 5.41) is 14.5. The van der Waals surface area contributed by atoms with E-state index in [1.165, 1.54) is 23.4 Å². The number of aryl methyl sites for hydroxylation is 2. The average Bonchev–Trinajstić information content (AvgIpc) is 3.31. The van der Waals surface area contributed by atoms with Crippen molar-refractivity contribution in [3.05, 3.63) is 86.5 Å². The molecule has 1 fully saturated rings. The second-order valence-electron chi connectivity index (χ2n) is 6.73. The lowest BCUT2D eigenvalue weighted by molar-refractivity contribution is -0.384. The van der Waals surface area contributed by atoms with Crippen molar-refractivity contribution in [1.82, 2.24) is 5.32 Å². The molecule has 1 N–H and O–H groups in total. The van der Waals surface area contributed by atoms with Crippen molar-refractivity contribution in [3.63, 3.8) is 0 Å². The molecule has 1 aromatic heterocycles. The zero-order valence-electron chi connectivity index (χ0n) is 16.2. The van der Waals surface area contributed by atoms with Gasteiger partial charge in [-0.25, -0.2) is 4.99 Å². The van der Waals surface area contributed by atoms with Crippen LogP contribution in [-0.2, 0) is 4.79 Å². The standard InChI is InChI=1S/C22H17N3O4S/c1-13-7-8-15(11-14(13)2)23-22-24-21(26)20(30-22)12-16-9-10-19(29-16)17-5-3-4-6-18(17)25(27)28/h3-12H,1-2H3,(H,23,24,26). The molecule has 0 radical (unpaired) electrons. The number of benzene rings is 2. The number of hydrogen-bond donors (Lipinski definition) is 1. The third-order valence-corrected chi connectivity index (χ3v) is 5.55. The molecule has 1 amide bonds. The second kappa shape index (κ2) is 8.00. The molecular weight excluding hydrogens is 402 g/mol. The lowest BCUT2D eigenvalue weighted by Gasteiger charge is -2.01. The number of para-hydroxylation sites is 1. The molecule has 0 bridgehead atoms. The lowest BCUT2D eigenvalue weighted by Crippen LogP contribution is -2.19. The van der Waals surface area contributed by atoms with Gasteiger partial charge in [0.1, 0.15) is 11.5 Å². The third-order valence-electron chi connectivity index (χ3n) is 4.64. The molecule has 3 aromatic rings. The molecule has 30 heavy (non-hydrogen) atoms. The molecule has 7 nitrogen and oxygen atoms in total. The number of carbonyl (C=O) groups excluding carboxylic acids is 1. The van der Waals surface area contributed by atoms with Crippen LogP contribution in [0, 0.1) is 24.0 Å². The quantitative estimate of drug-likeness (QED) is 0.349. The van der Waals surface area contributed by atoms with Crippen molar-refractivity contribution >= 4 is 40.3 Å². The fourth-order valence-corrected chi connectivity index (χ4v) is 3.76. The van der Waals surface area contributed by atoms with Crippen LogP contribution in [0.1, 0.15) is 16.9 Å². The Morgan fingerprint density at radius 1 is 1.10 bits per heavy atom. The summed E-state index contributed by atoms with van der Waals surface area (Å²) in [4.78, 5) is 28.0. The number of nitro benzene ring substituents is 1. The van der Waals surface area contributed by atoms with Crippen LogP contribution in [0.5, 0.6) is 0 Å². The van der Waals surface area contributed by atoms with Gasteiger partial charge in [-0.15, -0.1) is 0 Å². The van der Waals surface area contributed by atoms with E-state index in [-0.39, 0.29) is 11.6 Å². The number of nitro groups is 1. The van der Waals surface area contributed by atoms with Crippen LogP contribution < -0.4 is 5.32 Å². The lowest BCUT2D eigenvalue weighted by atomic mass is 10.1. The SMILES string of the molecule is Cc1ccc(N=C2NC(=O)C(=Cc3ccc(-c4ccccc4[N+](=O)[O-])o3)S2)cc1C. The minimum Gasteiger partial charge on any atom is -0.456 e. The molecule has 8 heteroatoms. The van der Waals surface area contributed by atoms with Gasteiger partial charge >= 0.3 is 0 Å². The topological polar surface area (TPSA) is 97.7 Å². The Labute approximate surface area is 176 Å². The van der Waals surface area contributed by atoms with E-state index in [4.69, 9.17) is 4.42 Å². The number of nitrogens with zero attached hydrogens (tertiary/aromatic N) is 2. The van der Waals surface area contributed by atoms with E-state index in [9.17, 15) is 14.9 Å². The first-order chi connectivity index (χ1) is 14.4. The minimum absolute atomic E-state index is 0.0400. The summed E-state index contributed by atoms with van der Waals surface area (Å²) < 4.78 is 5.74. The predicted molar refractivity (Wildman–Crippen MR) is 118 cm³/mol. The monoisotopic (exact) mass is 419 g/mol. The first-order valence-electron chi connectivity index (χ1n) is 9.11. The molecule has 2 aromatic carbocycles. The van der Waals surface area contributed by atoms with Crippen molar-refractivity contribution in [2.45, 2.75) is 13.8 Å². The van der Waals surface area contributed by atoms with Gasteiger partial charge in [-0.2, -0.15) is 0 Å². The summed E-state index contributed by atoms with van der Waals surface area (Å²) in [6, 6.07) is 15.5. The maximum atomic E-state index is 12.3. The highest BCUT2D eigenvalue weighted by atomic mass is 32.2. The maximum Gasteiger partial charge on any atom is 0.280 e. The van der Waals surface area contributed by atoms with Crippen molar-refractivity contribution < 1.29 is 14.1 Å². The van der Waals surface area contributed by atoms with Gasteiger partial charge < -0.3 is 9.73 Å². The molecule has 0 aliphatic carbocycles. The Bertz CT molecular complexity index is 1230. The maximum absolute atomic E-state index is 12.3. The zero-order valence-corrected chi connectivity index (χ0v) is 17.0. The van der Waals surface area contributed by atoms with Crippen LogP contribution in [0.3, 0.4) is 0 Å². The fraction of sp³-hybridized carbons (Fsp3) is 0.0909. The third kappa shape index (κ3) is 4.04. The van der Waals surface area contributed by atoms with E-state index in [0.29, 0.717) is 27.2 Å². The molecule has 0 unspecified atom stereocenters. The van der Waals surface area contributed by atoms with Crippen LogP contribution >= 0.6 is 11.8 Å². The van der Waals surface area contributed by atoms with Crippen LogP contribution in [0.4, 0.5) is 11.4 Å². The number of thioether (sulfide) groups is 1. The van der Waals surface area contributed by atoms with Gasteiger partial charge in [-0.3, -0.25) is 14.9 Å². The minimum atomic E-state index is -0.453. The van der Waals surface area contributed by atoms with Crippen LogP contribution in [0.2, 0.25) is 0 Å². The van der Waals surface area contributed by atoms with Gasteiger partial charge in [-0.05, 0) is 67.1 Å². The highest BCUT2D eigenvalue weighted by Crippen LogP contribution is 2.33. The summed E-state index contributed by atoms with van der Waals surface area (Å²) >= 11 is 1.21. The number of amides is 1. The van der Waals surface area contributed by atoms with E-state index in [1.54, 1.807) is 36.4 Å². The largest absolute Gasteiger partial charge is 0.456 e. The second-order valence-corrected chi connectivity index (χ2v) is 7.76. The molecule has 0 atom stereocenters. The van der Waals surface area contributed by atoms with Gasteiger partial charge in [0.2, 0.25) is 0 Å².